The first-order valence-electron chi connectivity index (χ1n) is 8.39. The molecule has 0 radical (unpaired) electrons. The first kappa shape index (κ1) is 19.4. The summed E-state index contributed by atoms with van der Waals surface area (Å²) in [5, 5.41) is 12.0. The Kier molecular flexibility index (Phi) is 6.32. The Bertz CT molecular complexity index is 795. The molecule has 0 amide bonds. The van der Waals surface area contributed by atoms with Crippen molar-refractivity contribution in [3.8, 4) is 0 Å². The van der Waals surface area contributed by atoms with Crippen molar-refractivity contribution in [1.29, 1.82) is 0 Å². The van der Waals surface area contributed by atoms with Gasteiger partial charge in [-0.25, -0.2) is 0 Å². The standard InChI is InChI=1S/C18H22N2O6/c1-4-25-17(21)16(18(22)26-5-2)14(11-20(23)24)13-10-19(3)15-9-7-6-8-12(13)15/h6-10,14,16H,4-5,11H2,1-3H3. The number of ether oxygens (including phenoxy) is 2. The number of hydrogen-bond donors (Lipinski definition) is 0. The van der Waals surface area contributed by atoms with Crippen molar-refractivity contribution in [1.82, 2.24) is 4.57 Å². The molecule has 26 heavy (non-hydrogen) atoms. The van der Waals surface area contributed by atoms with E-state index < -0.39 is 35.2 Å². The van der Waals surface area contributed by atoms with E-state index in [2.05, 4.69) is 0 Å². The van der Waals surface area contributed by atoms with Crippen LogP contribution in [0.25, 0.3) is 10.9 Å². The highest BCUT2D eigenvalue weighted by Crippen LogP contribution is 2.34. The van der Waals surface area contributed by atoms with E-state index in [4.69, 9.17) is 9.47 Å². The summed E-state index contributed by atoms with van der Waals surface area (Å²) in [5.41, 5.74) is 1.40. The van der Waals surface area contributed by atoms with Gasteiger partial charge in [0.05, 0.1) is 19.1 Å². The number of para-hydroxylation sites is 1. The second-order valence-corrected chi connectivity index (χ2v) is 5.82. The van der Waals surface area contributed by atoms with E-state index in [9.17, 15) is 19.7 Å². The maximum atomic E-state index is 12.4. The van der Waals surface area contributed by atoms with Gasteiger partial charge in [0.1, 0.15) is 0 Å². The zero-order valence-electron chi connectivity index (χ0n) is 15.0. The number of esters is 2. The molecular formula is C18H22N2O6. The normalized spacial score (nSPS) is 12.2. The monoisotopic (exact) mass is 362 g/mol. The van der Waals surface area contributed by atoms with Crippen LogP contribution in [-0.2, 0) is 26.1 Å². The largest absolute Gasteiger partial charge is 0.465 e. The molecular weight excluding hydrogens is 340 g/mol. The fourth-order valence-electron chi connectivity index (χ4n) is 3.10. The number of carbonyl (C=O) groups is 2. The SMILES string of the molecule is CCOC(=O)C(C(=O)OCC)C(C[N+](=O)[O-])c1cn(C)c2ccccc12. The third-order valence-electron chi connectivity index (χ3n) is 4.16. The van der Waals surface area contributed by atoms with Gasteiger partial charge in [-0.05, 0) is 25.5 Å². The van der Waals surface area contributed by atoms with Gasteiger partial charge in [0.15, 0.2) is 5.92 Å². The Labute approximate surface area is 150 Å². The molecule has 2 aromatic rings. The summed E-state index contributed by atoms with van der Waals surface area (Å²) in [5.74, 6) is -4.02. The number of hydrogen-bond acceptors (Lipinski definition) is 6. The minimum Gasteiger partial charge on any atom is -0.465 e. The van der Waals surface area contributed by atoms with Crippen LogP contribution in [0, 0.1) is 16.0 Å². The first-order valence-corrected chi connectivity index (χ1v) is 8.39. The van der Waals surface area contributed by atoms with E-state index in [1.165, 1.54) is 0 Å². The average molecular weight is 362 g/mol. The quantitative estimate of drug-likeness (QED) is 0.309. The number of aromatic nitrogens is 1. The topological polar surface area (TPSA) is 101 Å². The molecule has 0 bridgehead atoms. The molecule has 140 valence electrons. The summed E-state index contributed by atoms with van der Waals surface area (Å²) < 4.78 is 11.8. The molecule has 0 aliphatic heterocycles. The van der Waals surface area contributed by atoms with Crippen LogP contribution >= 0.6 is 0 Å². The number of fused-ring (bicyclic) bond motifs is 1. The van der Waals surface area contributed by atoms with E-state index in [1.54, 1.807) is 33.2 Å². The fourth-order valence-corrected chi connectivity index (χ4v) is 3.10. The summed E-state index contributed by atoms with van der Waals surface area (Å²) in [7, 11) is 1.80. The van der Waals surface area contributed by atoms with Gasteiger partial charge in [-0.1, -0.05) is 18.2 Å². The lowest BCUT2D eigenvalue weighted by atomic mass is 9.85. The van der Waals surface area contributed by atoms with Crippen molar-refractivity contribution in [2.24, 2.45) is 13.0 Å². The molecule has 0 spiro atoms. The minimum absolute atomic E-state index is 0.0649. The van der Waals surface area contributed by atoms with Crippen molar-refractivity contribution < 1.29 is 24.0 Å². The Hall–Kier alpha value is -2.90. The van der Waals surface area contributed by atoms with Crippen molar-refractivity contribution in [2.45, 2.75) is 19.8 Å². The molecule has 0 saturated heterocycles. The Morgan fingerprint density at radius 2 is 1.73 bits per heavy atom. The second-order valence-electron chi connectivity index (χ2n) is 5.82. The minimum atomic E-state index is -1.40. The highest BCUT2D eigenvalue weighted by molar-refractivity contribution is 5.97. The van der Waals surface area contributed by atoms with Gasteiger partial charge in [0, 0.05) is 29.1 Å². The number of nitro groups is 1. The van der Waals surface area contributed by atoms with Crippen molar-refractivity contribution >= 4 is 22.8 Å². The first-order chi connectivity index (χ1) is 12.4. The van der Waals surface area contributed by atoms with E-state index in [0.29, 0.717) is 5.56 Å². The molecule has 1 aromatic carbocycles. The van der Waals surface area contributed by atoms with Crippen LogP contribution in [0.3, 0.4) is 0 Å². The molecule has 8 nitrogen and oxygen atoms in total. The van der Waals surface area contributed by atoms with E-state index in [0.717, 1.165) is 10.9 Å². The fraction of sp³-hybridized carbons (Fsp3) is 0.444. The van der Waals surface area contributed by atoms with Crippen LogP contribution in [0.4, 0.5) is 0 Å². The number of benzene rings is 1. The lowest BCUT2D eigenvalue weighted by Crippen LogP contribution is -2.36. The predicted octanol–water partition coefficient (Wildman–Crippen LogP) is 2.28. The van der Waals surface area contributed by atoms with Crippen molar-refractivity contribution in [3.05, 3.63) is 46.1 Å². The molecule has 1 unspecified atom stereocenters. The van der Waals surface area contributed by atoms with Gasteiger partial charge < -0.3 is 14.0 Å². The van der Waals surface area contributed by atoms with Crippen LogP contribution in [0.2, 0.25) is 0 Å². The van der Waals surface area contributed by atoms with Gasteiger partial charge in [0.25, 0.3) is 0 Å². The molecule has 1 heterocycles. The molecule has 2 rings (SSSR count). The molecule has 0 fully saturated rings. The zero-order valence-corrected chi connectivity index (χ0v) is 15.0. The molecule has 0 aliphatic rings. The van der Waals surface area contributed by atoms with Crippen LogP contribution in [0.15, 0.2) is 30.5 Å². The summed E-state index contributed by atoms with van der Waals surface area (Å²) in [6, 6.07) is 7.33. The molecule has 1 atom stereocenters. The van der Waals surface area contributed by atoms with Gasteiger partial charge in [0.2, 0.25) is 6.54 Å². The third-order valence-corrected chi connectivity index (χ3v) is 4.16. The Balaban J connectivity index is 2.60. The highest BCUT2D eigenvalue weighted by Gasteiger charge is 2.42. The van der Waals surface area contributed by atoms with E-state index >= 15 is 0 Å². The summed E-state index contributed by atoms with van der Waals surface area (Å²) in [6.45, 7) is 2.77. The molecule has 1 aromatic heterocycles. The van der Waals surface area contributed by atoms with Gasteiger partial charge >= 0.3 is 11.9 Å². The van der Waals surface area contributed by atoms with E-state index in [1.807, 2.05) is 22.8 Å². The molecule has 0 N–H and O–H groups in total. The predicted molar refractivity (Wildman–Crippen MR) is 94.3 cm³/mol. The Morgan fingerprint density at radius 1 is 1.15 bits per heavy atom. The number of carbonyl (C=O) groups excluding carboxylic acids is 2. The molecule has 0 aliphatic carbocycles. The van der Waals surface area contributed by atoms with Crippen molar-refractivity contribution in [3.63, 3.8) is 0 Å². The number of nitrogens with zero attached hydrogens (tertiary/aromatic N) is 2. The molecule has 0 saturated carbocycles. The van der Waals surface area contributed by atoms with Crippen LogP contribution in [-0.4, -0.2) is 41.2 Å². The number of aryl methyl sites for hydroxylation is 1. The maximum Gasteiger partial charge on any atom is 0.321 e. The molecule has 8 heteroatoms. The smallest absolute Gasteiger partial charge is 0.321 e. The van der Waals surface area contributed by atoms with Crippen molar-refractivity contribution in [2.75, 3.05) is 19.8 Å². The second kappa shape index (κ2) is 8.46. The number of rotatable bonds is 8. The summed E-state index contributed by atoms with van der Waals surface area (Å²) in [4.78, 5) is 35.6. The van der Waals surface area contributed by atoms with E-state index in [-0.39, 0.29) is 13.2 Å². The summed E-state index contributed by atoms with van der Waals surface area (Å²) >= 11 is 0. The lowest BCUT2D eigenvalue weighted by molar-refractivity contribution is -0.484. The lowest BCUT2D eigenvalue weighted by Gasteiger charge is -2.21. The maximum absolute atomic E-state index is 12.4. The zero-order chi connectivity index (χ0) is 19.3. The average Bonchev–Trinajstić information content (AvgIpc) is 2.92. The third kappa shape index (κ3) is 4.01. The Morgan fingerprint density at radius 3 is 2.27 bits per heavy atom. The summed E-state index contributed by atoms with van der Waals surface area (Å²) in [6.07, 6.45) is 1.71. The highest BCUT2D eigenvalue weighted by atomic mass is 16.6. The van der Waals surface area contributed by atoms with Crippen LogP contribution < -0.4 is 0 Å². The van der Waals surface area contributed by atoms with Crippen LogP contribution in [0.5, 0.6) is 0 Å². The van der Waals surface area contributed by atoms with Gasteiger partial charge in [-0.15, -0.1) is 0 Å². The van der Waals surface area contributed by atoms with Crippen LogP contribution in [0.1, 0.15) is 25.3 Å². The van der Waals surface area contributed by atoms with Gasteiger partial charge in [-0.2, -0.15) is 0 Å². The van der Waals surface area contributed by atoms with Gasteiger partial charge in [-0.3, -0.25) is 19.7 Å².